The zero-order valence-corrected chi connectivity index (χ0v) is 19.6. The fourth-order valence-corrected chi connectivity index (χ4v) is 9.57. The van der Waals surface area contributed by atoms with Crippen molar-refractivity contribution < 1.29 is 33.7 Å². The molecular weight excluding hydrogens is 424 g/mol. The van der Waals surface area contributed by atoms with Crippen LogP contribution in [0.1, 0.15) is 53.9 Å². The van der Waals surface area contributed by atoms with E-state index in [1.807, 2.05) is 13.0 Å². The maximum atomic E-state index is 14.1. The second-order valence-electron chi connectivity index (χ2n) is 12.5. The van der Waals surface area contributed by atoms with Crippen molar-refractivity contribution in [2.75, 3.05) is 0 Å². The van der Waals surface area contributed by atoms with E-state index < -0.39 is 33.6 Å². The standard InChI is InChI=1S/C26H30O7/c1-22(2)13(27)7-8-23(3)12-6-9-24(4)11(15-17-21(31-17)32-20(15)30)10-14-26(24,33-14)25(12,5)19(29)16(28)18(22)23/h7-8,11-12,14-15,17,21,28H,6,9-10H2,1-5H3/t11-,12+,14+,15?,17?,21?,23+,24-,25-,26+/m0/s1. The highest BCUT2D eigenvalue weighted by Gasteiger charge is 2.88. The second-order valence-corrected chi connectivity index (χ2v) is 12.5. The molecule has 0 radical (unpaired) electrons. The summed E-state index contributed by atoms with van der Waals surface area (Å²) in [5.74, 6) is -1.34. The third kappa shape index (κ3) is 1.84. The van der Waals surface area contributed by atoms with Gasteiger partial charge in [-0.1, -0.05) is 19.9 Å². The summed E-state index contributed by atoms with van der Waals surface area (Å²) in [7, 11) is 0. The van der Waals surface area contributed by atoms with Crippen molar-refractivity contribution in [1.82, 2.24) is 0 Å². The molecule has 0 aromatic carbocycles. The number of esters is 1. The molecule has 0 bridgehead atoms. The molecule has 176 valence electrons. The third-order valence-electron chi connectivity index (χ3n) is 11.1. The van der Waals surface area contributed by atoms with Crippen molar-refractivity contribution >= 4 is 17.5 Å². The van der Waals surface area contributed by atoms with E-state index in [2.05, 4.69) is 13.8 Å². The van der Waals surface area contributed by atoms with Gasteiger partial charge in [-0.2, -0.15) is 0 Å². The molecule has 7 heteroatoms. The van der Waals surface area contributed by atoms with E-state index in [4.69, 9.17) is 14.2 Å². The topological polar surface area (TPSA) is 106 Å². The SMILES string of the molecule is CC1(C)C(=O)C=C[C@@]2(C)C1=C(O)C(=O)[C@]1(C)[C@@H]2CC[C@@]2(C)[C@H](C3C(=O)OC4OC43)C[C@H]3O[C@]321. The van der Waals surface area contributed by atoms with Crippen molar-refractivity contribution in [2.24, 2.45) is 39.4 Å². The number of fused-ring (bicyclic) bond motifs is 4. The molecule has 0 amide bonds. The van der Waals surface area contributed by atoms with Crippen LogP contribution in [0.2, 0.25) is 0 Å². The fraction of sp³-hybridized carbons (Fsp3) is 0.731. The van der Waals surface area contributed by atoms with Crippen molar-refractivity contribution in [2.45, 2.75) is 78.0 Å². The number of Topliss-reactive ketones (excluding diaryl/α,β-unsaturated/α-hetero) is 1. The summed E-state index contributed by atoms with van der Waals surface area (Å²) < 4.78 is 17.4. The maximum Gasteiger partial charge on any atom is 0.314 e. The number of ketones is 2. The highest BCUT2D eigenvalue weighted by Crippen LogP contribution is 2.81. The molecule has 3 unspecified atom stereocenters. The number of carbonyl (C=O) groups excluding carboxylic acids is 3. The lowest BCUT2D eigenvalue weighted by Gasteiger charge is -2.62. The zero-order valence-electron chi connectivity index (χ0n) is 19.6. The lowest BCUT2D eigenvalue weighted by atomic mass is 9.39. The van der Waals surface area contributed by atoms with E-state index in [9.17, 15) is 19.5 Å². The van der Waals surface area contributed by atoms with Crippen molar-refractivity contribution in [3.05, 3.63) is 23.5 Å². The number of hydrogen-bond donors (Lipinski definition) is 1. The smallest absolute Gasteiger partial charge is 0.314 e. The quantitative estimate of drug-likeness (QED) is 0.479. The Balaban J connectivity index is 1.39. The van der Waals surface area contributed by atoms with Crippen molar-refractivity contribution in [1.29, 1.82) is 0 Å². The summed E-state index contributed by atoms with van der Waals surface area (Å²) in [6.07, 6.45) is 5.01. The van der Waals surface area contributed by atoms with E-state index in [0.717, 1.165) is 12.8 Å². The van der Waals surface area contributed by atoms with Crippen LogP contribution in [0.5, 0.6) is 0 Å². The molecule has 33 heavy (non-hydrogen) atoms. The molecule has 10 atom stereocenters. The number of carbonyl (C=O) groups is 3. The van der Waals surface area contributed by atoms with E-state index in [1.54, 1.807) is 19.9 Å². The van der Waals surface area contributed by atoms with E-state index in [1.165, 1.54) is 0 Å². The molecule has 5 fully saturated rings. The van der Waals surface area contributed by atoms with Crippen molar-refractivity contribution in [3.8, 4) is 0 Å². The predicted octanol–water partition coefficient (Wildman–Crippen LogP) is 3.03. The van der Waals surface area contributed by atoms with Gasteiger partial charge in [0.15, 0.2) is 11.5 Å². The first kappa shape index (κ1) is 20.4. The summed E-state index contributed by atoms with van der Waals surface area (Å²) in [6, 6.07) is 0. The van der Waals surface area contributed by atoms with Gasteiger partial charge in [0.2, 0.25) is 12.1 Å². The molecule has 1 spiro atoms. The minimum absolute atomic E-state index is 0.00654. The molecule has 7 nitrogen and oxygen atoms in total. The zero-order chi connectivity index (χ0) is 23.5. The Hall–Kier alpha value is -1.99. The van der Waals surface area contributed by atoms with Gasteiger partial charge in [-0.15, -0.1) is 0 Å². The van der Waals surface area contributed by atoms with Crippen LogP contribution in [0.15, 0.2) is 23.5 Å². The molecule has 2 saturated carbocycles. The average molecular weight is 455 g/mol. The molecule has 3 heterocycles. The van der Waals surface area contributed by atoms with Crippen LogP contribution in [0, 0.1) is 39.4 Å². The van der Waals surface area contributed by atoms with Crippen LogP contribution in [0.4, 0.5) is 0 Å². The summed E-state index contributed by atoms with van der Waals surface area (Å²) in [5, 5.41) is 11.4. The molecule has 7 rings (SSSR count). The lowest BCUT2D eigenvalue weighted by Crippen LogP contribution is -2.67. The normalized spacial score (nSPS) is 57.1. The van der Waals surface area contributed by atoms with Gasteiger partial charge in [-0.3, -0.25) is 14.4 Å². The lowest BCUT2D eigenvalue weighted by molar-refractivity contribution is -0.173. The molecule has 0 aromatic rings. The van der Waals surface area contributed by atoms with Crippen LogP contribution in [0.3, 0.4) is 0 Å². The molecule has 3 saturated heterocycles. The number of hydrogen-bond acceptors (Lipinski definition) is 7. The minimum atomic E-state index is -0.963. The number of epoxide rings is 2. The van der Waals surface area contributed by atoms with Crippen LogP contribution < -0.4 is 0 Å². The molecule has 0 aromatic heterocycles. The molecular formula is C26H30O7. The Bertz CT molecular complexity index is 1130. The number of rotatable bonds is 1. The van der Waals surface area contributed by atoms with Gasteiger partial charge in [-0.05, 0) is 63.5 Å². The number of ether oxygens (including phenoxy) is 3. The summed E-state index contributed by atoms with van der Waals surface area (Å²) in [5.41, 5.74) is -3.17. The third-order valence-corrected chi connectivity index (χ3v) is 11.1. The Morgan fingerprint density at radius 2 is 1.82 bits per heavy atom. The fourth-order valence-electron chi connectivity index (χ4n) is 9.57. The Labute approximate surface area is 192 Å². The monoisotopic (exact) mass is 454 g/mol. The Morgan fingerprint density at radius 1 is 1.09 bits per heavy atom. The van der Waals surface area contributed by atoms with Gasteiger partial charge in [-0.25, -0.2) is 0 Å². The molecule has 3 aliphatic heterocycles. The van der Waals surface area contributed by atoms with E-state index >= 15 is 0 Å². The van der Waals surface area contributed by atoms with Gasteiger partial charge in [0.25, 0.3) is 0 Å². The second kappa shape index (κ2) is 5.30. The Kier molecular flexibility index (Phi) is 3.28. The first-order valence-corrected chi connectivity index (χ1v) is 12.1. The van der Waals surface area contributed by atoms with Gasteiger partial charge in [0.1, 0.15) is 11.7 Å². The Morgan fingerprint density at radius 3 is 2.48 bits per heavy atom. The molecule has 7 aliphatic rings. The van der Waals surface area contributed by atoms with Gasteiger partial charge < -0.3 is 19.3 Å². The molecule has 4 aliphatic carbocycles. The highest BCUT2D eigenvalue weighted by molar-refractivity contribution is 6.06. The summed E-state index contributed by atoms with van der Waals surface area (Å²) in [4.78, 5) is 39.5. The maximum absolute atomic E-state index is 14.1. The molecule has 1 N–H and O–H groups in total. The van der Waals surface area contributed by atoms with Crippen molar-refractivity contribution in [3.63, 3.8) is 0 Å². The van der Waals surface area contributed by atoms with Crippen LogP contribution in [-0.4, -0.2) is 46.7 Å². The number of aliphatic hydroxyl groups excluding tert-OH is 1. The summed E-state index contributed by atoms with van der Waals surface area (Å²) >= 11 is 0. The highest BCUT2D eigenvalue weighted by atomic mass is 16.8. The van der Waals surface area contributed by atoms with Crippen LogP contribution in [-0.2, 0) is 28.6 Å². The van der Waals surface area contributed by atoms with E-state index in [-0.39, 0.29) is 53.3 Å². The summed E-state index contributed by atoms with van der Waals surface area (Å²) in [6.45, 7) is 9.76. The van der Waals surface area contributed by atoms with Crippen LogP contribution >= 0.6 is 0 Å². The number of aliphatic hydroxyl groups is 1. The van der Waals surface area contributed by atoms with Crippen LogP contribution in [0.25, 0.3) is 0 Å². The first-order chi connectivity index (χ1) is 15.4. The van der Waals surface area contributed by atoms with Gasteiger partial charge in [0.05, 0.1) is 22.9 Å². The average Bonchev–Trinajstić information content (AvgIpc) is 3.61. The van der Waals surface area contributed by atoms with Gasteiger partial charge in [0, 0.05) is 10.8 Å². The minimum Gasteiger partial charge on any atom is -0.504 e. The van der Waals surface area contributed by atoms with Gasteiger partial charge >= 0.3 is 5.97 Å². The predicted molar refractivity (Wildman–Crippen MR) is 114 cm³/mol. The number of allylic oxidation sites excluding steroid dienone is 4. The first-order valence-electron chi connectivity index (χ1n) is 12.1. The largest absolute Gasteiger partial charge is 0.504 e. The van der Waals surface area contributed by atoms with E-state index in [0.29, 0.717) is 12.0 Å².